The van der Waals surface area contributed by atoms with Crippen molar-refractivity contribution < 1.29 is 4.79 Å². The number of aromatic amines is 1. The van der Waals surface area contributed by atoms with Crippen molar-refractivity contribution in [2.75, 3.05) is 18.4 Å². The molecule has 0 spiro atoms. The number of benzene rings is 3. The summed E-state index contributed by atoms with van der Waals surface area (Å²) in [6, 6.07) is 25.1. The molecule has 0 fully saturated rings. The maximum absolute atomic E-state index is 13.0. The number of carbonyl (C=O) groups is 1. The molecular formula is C24H23ClN4O. The Morgan fingerprint density at radius 3 is 2.50 bits per heavy atom. The number of amides is 2. The molecule has 152 valence electrons. The minimum absolute atomic E-state index is 0.149. The topological polar surface area (TPSA) is 61.0 Å². The van der Waals surface area contributed by atoms with E-state index in [1.54, 1.807) is 12.1 Å². The van der Waals surface area contributed by atoms with Crippen LogP contribution in [0.2, 0.25) is 5.02 Å². The van der Waals surface area contributed by atoms with Gasteiger partial charge in [0.15, 0.2) is 0 Å². The highest BCUT2D eigenvalue weighted by Gasteiger charge is 2.15. The highest BCUT2D eigenvalue weighted by atomic mass is 35.5. The van der Waals surface area contributed by atoms with Gasteiger partial charge in [-0.25, -0.2) is 9.78 Å². The van der Waals surface area contributed by atoms with Crippen molar-refractivity contribution >= 4 is 34.4 Å². The SMILES string of the molecule is O=C(Nc1cccc(Cl)c1)N(CCc1ccccc1)CCc1nc2ccccc2[nH]1. The first-order valence-electron chi connectivity index (χ1n) is 9.96. The molecular weight excluding hydrogens is 396 g/mol. The van der Waals surface area contributed by atoms with Gasteiger partial charge < -0.3 is 15.2 Å². The molecule has 6 heteroatoms. The van der Waals surface area contributed by atoms with Crippen LogP contribution in [0.1, 0.15) is 11.4 Å². The summed E-state index contributed by atoms with van der Waals surface area (Å²) in [6.07, 6.45) is 1.43. The lowest BCUT2D eigenvalue weighted by Crippen LogP contribution is -2.38. The number of aromatic nitrogens is 2. The number of nitrogens with one attached hydrogen (secondary N) is 2. The van der Waals surface area contributed by atoms with E-state index in [-0.39, 0.29) is 6.03 Å². The van der Waals surface area contributed by atoms with Crippen LogP contribution in [0.25, 0.3) is 11.0 Å². The van der Waals surface area contributed by atoms with Gasteiger partial charge in [-0.1, -0.05) is 60.1 Å². The summed E-state index contributed by atoms with van der Waals surface area (Å²) in [5, 5.41) is 3.54. The maximum Gasteiger partial charge on any atom is 0.321 e. The van der Waals surface area contributed by atoms with E-state index in [9.17, 15) is 4.79 Å². The number of hydrogen-bond donors (Lipinski definition) is 2. The number of halogens is 1. The molecule has 0 saturated carbocycles. The predicted octanol–water partition coefficient (Wildman–Crippen LogP) is 5.54. The molecule has 0 saturated heterocycles. The van der Waals surface area contributed by atoms with Gasteiger partial charge >= 0.3 is 6.03 Å². The Morgan fingerprint density at radius 1 is 0.933 bits per heavy atom. The number of urea groups is 1. The van der Waals surface area contributed by atoms with Crippen LogP contribution in [0.5, 0.6) is 0 Å². The van der Waals surface area contributed by atoms with Crippen LogP contribution >= 0.6 is 11.6 Å². The average Bonchev–Trinajstić information content (AvgIpc) is 3.17. The van der Waals surface area contributed by atoms with Crippen LogP contribution in [0.3, 0.4) is 0 Å². The quantitative estimate of drug-likeness (QED) is 0.414. The first-order valence-corrected chi connectivity index (χ1v) is 10.3. The highest BCUT2D eigenvalue weighted by molar-refractivity contribution is 6.30. The van der Waals surface area contributed by atoms with Crippen molar-refractivity contribution in [3.8, 4) is 0 Å². The molecule has 3 aromatic carbocycles. The van der Waals surface area contributed by atoms with Crippen molar-refractivity contribution in [3.63, 3.8) is 0 Å². The molecule has 0 unspecified atom stereocenters. The zero-order valence-electron chi connectivity index (χ0n) is 16.5. The van der Waals surface area contributed by atoms with E-state index in [2.05, 4.69) is 27.4 Å². The van der Waals surface area contributed by atoms with E-state index < -0.39 is 0 Å². The Balaban J connectivity index is 1.45. The van der Waals surface area contributed by atoms with Gasteiger partial charge in [-0.3, -0.25) is 0 Å². The van der Waals surface area contributed by atoms with Gasteiger partial charge in [-0.15, -0.1) is 0 Å². The third-order valence-electron chi connectivity index (χ3n) is 4.93. The number of para-hydroxylation sites is 2. The second-order valence-electron chi connectivity index (χ2n) is 7.11. The molecule has 0 aliphatic heterocycles. The molecule has 30 heavy (non-hydrogen) atoms. The van der Waals surface area contributed by atoms with Crippen LogP contribution in [-0.4, -0.2) is 34.0 Å². The summed E-state index contributed by atoms with van der Waals surface area (Å²) in [7, 11) is 0. The summed E-state index contributed by atoms with van der Waals surface area (Å²) in [6.45, 7) is 1.16. The van der Waals surface area contributed by atoms with Crippen LogP contribution < -0.4 is 5.32 Å². The van der Waals surface area contributed by atoms with Crippen LogP contribution in [-0.2, 0) is 12.8 Å². The summed E-state index contributed by atoms with van der Waals surface area (Å²) in [4.78, 5) is 22.8. The van der Waals surface area contributed by atoms with E-state index in [0.717, 1.165) is 23.3 Å². The summed E-state index contributed by atoms with van der Waals surface area (Å²) in [5.41, 5.74) is 3.82. The fraction of sp³-hybridized carbons (Fsp3) is 0.167. The summed E-state index contributed by atoms with van der Waals surface area (Å²) in [5.74, 6) is 0.872. The fourth-order valence-electron chi connectivity index (χ4n) is 3.36. The smallest absolute Gasteiger partial charge is 0.321 e. The number of fused-ring (bicyclic) bond motifs is 1. The van der Waals surface area contributed by atoms with Gasteiger partial charge in [0.1, 0.15) is 5.82 Å². The van der Waals surface area contributed by atoms with Gasteiger partial charge in [-0.2, -0.15) is 0 Å². The molecule has 0 atom stereocenters. The molecule has 5 nitrogen and oxygen atoms in total. The van der Waals surface area contributed by atoms with Crippen molar-refractivity contribution in [2.45, 2.75) is 12.8 Å². The van der Waals surface area contributed by atoms with Gasteiger partial charge in [0.2, 0.25) is 0 Å². The molecule has 0 aliphatic rings. The Morgan fingerprint density at radius 2 is 1.70 bits per heavy atom. The third-order valence-corrected chi connectivity index (χ3v) is 5.17. The standard InChI is InChI=1S/C24H23ClN4O/c25-19-9-6-10-20(17-19)26-24(30)29(15-13-18-7-2-1-3-8-18)16-14-23-27-21-11-4-5-12-22(21)28-23/h1-12,17H,13-16H2,(H,26,30)(H,27,28). The predicted molar refractivity (Wildman–Crippen MR) is 122 cm³/mol. The van der Waals surface area contributed by atoms with Crippen molar-refractivity contribution in [2.24, 2.45) is 0 Å². The number of rotatable bonds is 7. The normalized spacial score (nSPS) is 10.8. The van der Waals surface area contributed by atoms with Crippen molar-refractivity contribution in [1.29, 1.82) is 0 Å². The molecule has 0 bridgehead atoms. The van der Waals surface area contributed by atoms with E-state index in [1.807, 2.05) is 59.5 Å². The lowest BCUT2D eigenvalue weighted by molar-refractivity contribution is 0.212. The van der Waals surface area contributed by atoms with Crippen molar-refractivity contribution in [3.05, 3.63) is 95.3 Å². The number of hydrogen-bond acceptors (Lipinski definition) is 2. The van der Waals surface area contributed by atoms with E-state index in [1.165, 1.54) is 5.56 Å². The fourth-order valence-corrected chi connectivity index (χ4v) is 3.55. The molecule has 4 aromatic rings. The second-order valence-corrected chi connectivity index (χ2v) is 7.55. The molecule has 1 heterocycles. The minimum Gasteiger partial charge on any atom is -0.342 e. The number of H-pyrrole nitrogens is 1. The van der Waals surface area contributed by atoms with Crippen LogP contribution in [0.4, 0.5) is 10.5 Å². The minimum atomic E-state index is -0.149. The zero-order chi connectivity index (χ0) is 20.8. The van der Waals surface area contributed by atoms with Gasteiger partial charge in [0.25, 0.3) is 0 Å². The van der Waals surface area contributed by atoms with E-state index in [0.29, 0.717) is 30.2 Å². The molecule has 2 amide bonds. The van der Waals surface area contributed by atoms with Crippen LogP contribution in [0, 0.1) is 0 Å². The van der Waals surface area contributed by atoms with Gasteiger partial charge in [-0.05, 0) is 42.3 Å². The summed E-state index contributed by atoms with van der Waals surface area (Å²) < 4.78 is 0. The third kappa shape index (κ3) is 5.19. The van der Waals surface area contributed by atoms with E-state index in [4.69, 9.17) is 11.6 Å². The van der Waals surface area contributed by atoms with Gasteiger partial charge in [0, 0.05) is 30.2 Å². The Bertz CT molecular complexity index is 1090. The number of imidazole rings is 1. The van der Waals surface area contributed by atoms with Crippen molar-refractivity contribution in [1.82, 2.24) is 14.9 Å². The Kier molecular flexibility index (Phi) is 6.30. The lowest BCUT2D eigenvalue weighted by Gasteiger charge is -2.23. The monoisotopic (exact) mass is 418 g/mol. The molecule has 4 rings (SSSR count). The Labute approximate surface area is 180 Å². The maximum atomic E-state index is 13.0. The first kappa shape index (κ1) is 20.0. The van der Waals surface area contributed by atoms with Crippen LogP contribution in [0.15, 0.2) is 78.9 Å². The Hall–Kier alpha value is -3.31. The first-order chi connectivity index (χ1) is 14.7. The molecule has 1 aromatic heterocycles. The molecule has 2 N–H and O–H groups in total. The zero-order valence-corrected chi connectivity index (χ0v) is 17.3. The number of carbonyl (C=O) groups excluding carboxylic acids is 1. The largest absolute Gasteiger partial charge is 0.342 e. The van der Waals surface area contributed by atoms with E-state index >= 15 is 0 Å². The number of anilines is 1. The highest BCUT2D eigenvalue weighted by Crippen LogP contribution is 2.16. The summed E-state index contributed by atoms with van der Waals surface area (Å²) >= 11 is 6.05. The second kappa shape index (κ2) is 9.46. The lowest BCUT2D eigenvalue weighted by atomic mass is 10.1. The average molecular weight is 419 g/mol. The molecule has 0 radical (unpaired) electrons. The number of nitrogens with zero attached hydrogens (tertiary/aromatic N) is 2. The van der Waals surface area contributed by atoms with Gasteiger partial charge in [0.05, 0.1) is 11.0 Å². The molecule has 0 aliphatic carbocycles.